The predicted molar refractivity (Wildman–Crippen MR) is 46.5 cm³/mol. The number of rotatable bonds is 2. The SMILES string of the molecule is CC(=O)Nc1ccsc1C=N. The summed E-state index contributed by atoms with van der Waals surface area (Å²) in [6.07, 6.45) is 1.23. The molecule has 2 N–H and O–H groups in total. The third kappa shape index (κ3) is 1.88. The maximum absolute atomic E-state index is 10.6. The molecule has 0 aliphatic carbocycles. The number of carbonyl (C=O) groups is 1. The van der Waals surface area contributed by atoms with E-state index in [4.69, 9.17) is 5.41 Å². The largest absolute Gasteiger partial charge is 0.325 e. The molecule has 0 fully saturated rings. The summed E-state index contributed by atoms with van der Waals surface area (Å²) in [4.78, 5) is 11.4. The van der Waals surface area contributed by atoms with Gasteiger partial charge in [-0.25, -0.2) is 0 Å². The van der Waals surface area contributed by atoms with Crippen molar-refractivity contribution in [3.05, 3.63) is 16.3 Å². The Morgan fingerprint density at radius 1 is 1.82 bits per heavy atom. The van der Waals surface area contributed by atoms with Crippen molar-refractivity contribution >= 4 is 29.1 Å². The summed E-state index contributed by atoms with van der Waals surface area (Å²) in [5.41, 5.74) is 0.720. The summed E-state index contributed by atoms with van der Waals surface area (Å²) in [6, 6.07) is 1.78. The van der Waals surface area contributed by atoms with Crippen molar-refractivity contribution in [2.75, 3.05) is 5.32 Å². The van der Waals surface area contributed by atoms with Crippen molar-refractivity contribution in [3.8, 4) is 0 Å². The van der Waals surface area contributed by atoms with Gasteiger partial charge in [0.1, 0.15) is 0 Å². The van der Waals surface area contributed by atoms with Crippen LogP contribution in [0.2, 0.25) is 0 Å². The van der Waals surface area contributed by atoms with Gasteiger partial charge in [-0.05, 0) is 11.4 Å². The van der Waals surface area contributed by atoms with Crippen LogP contribution in [0.5, 0.6) is 0 Å². The summed E-state index contributed by atoms with van der Waals surface area (Å²) >= 11 is 1.43. The number of hydrogen-bond donors (Lipinski definition) is 2. The molecule has 0 radical (unpaired) electrons. The van der Waals surface area contributed by atoms with Crippen LogP contribution in [0.1, 0.15) is 11.8 Å². The highest BCUT2D eigenvalue weighted by molar-refractivity contribution is 7.12. The van der Waals surface area contributed by atoms with Crippen LogP contribution in [0.4, 0.5) is 5.69 Å². The highest BCUT2D eigenvalue weighted by atomic mass is 32.1. The molecule has 0 spiro atoms. The second kappa shape index (κ2) is 3.30. The number of nitrogens with one attached hydrogen (secondary N) is 2. The number of hydrogen-bond acceptors (Lipinski definition) is 3. The van der Waals surface area contributed by atoms with Crippen molar-refractivity contribution in [3.63, 3.8) is 0 Å². The quantitative estimate of drug-likeness (QED) is 0.649. The molecule has 0 atom stereocenters. The summed E-state index contributed by atoms with van der Waals surface area (Å²) in [5.74, 6) is -0.105. The van der Waals surface area contributed by atoms with Crippen LogP contribution in [0.25, 0.3) is 0 Å². The topological polar surface area (TPSA) is 53.0 Å². The Hall–Kier alpha value is -1.16. The molecule has 1 aromatic heterocycles. The minimum Gasteiger partial charge on any atom is -0.325 e. The second-order valence-corrected chi connectivity index (χ2v) is 2.97. The van der Waals surface area contributed by atoms with Gasteiger partial charge in [-0.3, -0.25) is 4.79 Å². The molecule has 0 bridgehead atoms. The second-order valence-electron chi connectivity index (χ2n) is 2.02. The van der Waals surface area contributed by atoms with Gasteiger partial charge in [-0.2, -0.15) is 0 Å². The Labute approximate surface area is 68.6 Å². The smallest absolute Gasteiger partial charge is 0.221 e. The Kier molecular flexibility index (Phi) is 2.38. The van der Waals surface area contributed by atoms with Gasteiger partial charge in [0.2, 0.25) is 5.91 Å². The van der Waals surface area contributed by atoms with Gasteiger partial charge in [0.05, 0.1) is 10.6 Å². The molecular weight excluding hydrogens is 160 g/mol. The maximum atomic E-state index is 10.6. The number of anilines is 1. The van der Waals surface area contributed by atoms with Crippen molar-refractivity contribution in [2.24, 2.45) is 0 Å². The van der Waals surface area contributed by atoms with E-state index in [-0.39, 0.29) is 5.91 Å². The fraction of sp³-hybridized carbons (Fsp3) is 0.143. The summed E-state index contributed by atoms with van der Waals surface area (Å²) in [6.45, 7) is 1.45. The molecule has 3 nitrogen and oxygen atoms in total. The van der Waals surface area contributed by atoms with E-state index in [1.807, 2.05) is 5.38 Å². The van der Waals surface area contributed by atoms with Crippen LogP contribution in [0.3, 0.4) is 0 Å². The normalized spacial score (nSPS) is 9.18. The summed E-state index contributed by atoms with van der Waals surface area (Å²) < 4.78 is 0. The zero-order chi connectivity index (χ0) is 8.27. The number of carbonyl (C=O) groups excluding carboxylic acids is 1. The average Bonchev–Trinajstić information content (AvgIpc) is 2.34. The first-order valence-electron chi connectivity index (χ1n) is 3.09. The molecule has 0 aromatic carbocycles. The minimum absolute atomic E-state index is 0.105. The lowest BCUT2D eigenvalue weighted by molar-refractivity contribution is -0.114. The van der Waals surface area contributed by atoms with Gasteiger partial charge in [0.15, 0.2) is 0 Å². The van der Waals surface area contributed by atoms with Gasteiger partial charge >= 0.3 is 0 Å². The van der Waals surface area contributed by atoms with Crippen LogP contribution in [-0.4, -0.2) is 12.1 Å². The van der Waals surface area contributed by atoms with Crippen LogP contribution in [0.15, 0.2) is 11.4 Å². The fourth-order valence-corrected chi connectivity index (χ4v) is 1.39. The van der Waals surface area contributed by atoms with E-state index in [2.05, 4.69) is 5.32 Å². The molecule has 0 saturated carbocycles. The monoisotopic (exact) mass is 168 g/mol. The molecule has 0 saturated heterocycles. The predicted octanol–water partition coefficient (Wildman–Crippen LogP) is 1.70. The lowest BCUT2D eigenvalue weighted by atomic mass is 10.4. The number of amides is 1. The molecule has 58 valence electrons. The van der Waals surface area contributed by atoms with E-state index in [9.17, 15) is 4.79 Å². The molecule has 1 rings (SSSR count). The lowest BCUT2D eigenvalue weighted by Gasteiger charge is -1.97. The molecule has 1 heterocycles. The Bertz CT molecular complexity index is 280. The third-order valence-electron chi connectivity index (χ3n) is 1.14. The van der Waals surface area contributed by atoms with Gasteiger partial charge in [-0.1, -0.05) is 0 Å². The highest BCUT2D eigenvalue weighted by Crippen LogP contribution is 2.19. The Morgan fingerprint density at radius 3 is 3.09 bits per heavy atom. The van der Waals surface area contributed by atoms with Crippen molar-refractivity contribution < 1.29 is 4.79 Å². The standard InChI is InChI=1S/C7H8N2OS/c1-5(10)9-6-2-3-11-7(6)4-8/h2-4,8H,1H3,(H,9,10). The van der Waals surface area contributed by atoms with E-state index >= 15 is 0 Å². The van der Waals surface area contributed by atoms with Crippen molar-refractivity contribution in [1.82, 2.24) is 0 Å². The molecule has 11 heavy (non-hydrogen) atoms. The Morgan fingerprint density at radius 2 is 2.55 bits per heavy atom. The maximum Gasteiger partial charge on any atom is 0.221 e. The first kappa shape index (κ1) is 7.94. The van der Waals surface area contributed by atoms with E-state index < -0.39 is 0 Å². The van der Waals surface area contributed by atoms with Gasteiger partial charge in [0, 0.05) is 13.1 Å². The minimum atomic E-state index is -0.105. The summed E-state index contributed by atoms with van der Waals surface area (Å²) in [7, 11) is 0. The lowest BCUT2D eigenvalue weighted by Crippen LogP contribution is -2.05. The van der Waals surface area contributed by atoms with Gasteiger partial charge < -0.3 is 10.7 Å². The first-order valence-corrected chi connectivity index (χ1v) is 3.97. The summed E-state index contributed by atoms with van der Waals surface area (Å²) in [5, 5.41) is 11.4. The van der Waals surface area contributed by atoms with E-state index in [1.165, 1.54) is 24.5 Å². The molecule has 1 amide bonds. The first-order chi connectivity index (χ1) is 5.24. The molecule has 0 unspecified atom stereocenters. The van der Waals surface area contributed by atoms with E-state index in [1.54, 1.807) is 6.07 Å². The number of thiophene rings is 1. The van der Waals surface area contributed by atoms with Gasteiger partial charge in [-0.15, -0.1) is 11.3 Å². The van der Waals surface area contributed by atoms with E-state index in [0.717, 1.165) is 10.6 Å². The van der Waals surface area contributed by atoms with Crippen LogP contribution in [0, 0.1) is 5.41 Å². The van der Waals surface area contributed by atoms with E-state index in [0.29, 0.717) is 0 Å². The molecule has 4 heteroatoms. The zero-order valence-corrected chi connectivity index (χ0v) is 6.87. The Balaban J connectivity index is 2.84. The molecule has 1 aromatic rings. The van der Waals surface area contributed by atoms with Crippen molar-refractivity contribution in [1.29, 1.82) is 5.41 Å². The van der Waals surface area contributed by atoms with Crippen LogP contribution >= 0.6 is 11.3 Å². The molecule has 0 aliphatic heterocycles. The van der Waals surface area contributed by atoms with Crippen molar-refractivity contribution in [2.45, 2.75) is 6.92 Å². The van der Waals surface area contributed by atoms with Gasteiger partial charge in [0.25, 0.3) is 0 Å². The molecular formula is C7H8N2OS. The zero-order valence-electron chi connectivity index (χ0n) is 6.05. The van der Waals surface area contributed by atoms with Crippen LogP contribution in [-0.2, 0) is 4.79 Å². The highest BCUT2D eigenvalue weighted by Gasteiger charge is 2.01. The molecule has 0 aliphatic rings. The van der Waals surface area contributed by atoms with Crippen LogP contribution < -0.4 is 5.32 Å². The average molecular weight is 168 g/mol. The third-order valence-corrected chi connectivity index (χ3v) is 2.00. The fourth-order valence-electron chi connectivity index (χ4n) is 0.726.